The fourth-order valence-corrected chi connectivity index (χ4v) is 2.03. The molecule has 1 amide bonds. The molecule has 0 aliphatic carbocycles. The van der Waals surface area contributed by atoms with Crippen molar-refractivity contribution < 1.29 is 4.79 Å². The number of carbonyl (C=O) groups excluding carboxylic acids is 1. The van der Waals surface area contributed by atoms with Gasteiger partial charge in [-0.3, -0.25) is 4.79 Å². The molecule has 0 bridgehead atoms. The Labute approximate surface area is 111 Å². The smallest absolute Gasteiger partial charge is 0.220 e. The number of nitrogens with one attached hydrogen (secondary N) is 1. The van der Waals surface area contributed by atoms with E-state index in [4.69, 9.17) is 0 Å². The van der Waals surface area contributed by atoms with Gasteiger partial charge in [0.15, 0.2) is 0 Å². The highest BCUT2D eigenvalue weighted by Gasteiger charge is 2.10. The molecule has 1 aromatic carbocycles. The maximum Gasteiger partial charge on any atom is 0.220 e. The van der Waals surface area contributed by atoms with E-state index in [-0.39, 0.29) is 11.9 Å². The molecule has 1 unspecified atom stereocenters. The molecule has 1 N–H and O–H groups in total. The van der Waals surface area contributed by atoms with Crippen LogP contribution in [-0.2, 0) is 11.2 Å². The van der Waals surface area contributed by atoms with Crippen molar-refractivity contribution in [1.29, 1.82) is 0 Å². The van der Waals surface area contributed by atoms with E-state index in [1.54, 1.807) is 0 Å². The first-order valence-corrected chi connectivity index (χ1v) is 7.09. The van der Waals surface area contributed by atoms with Gasteiger partial charge in [-0.05, 0) is 24.8 Å². The van der Waals surface area contributed by atoms with Crippen molar-refractivity contribution in [2.45, 2.75) is 58.4 Å². The number of unbranched alkanes of at least 4 members (excludes halogenated alkanes) is 2. The van der Waals surface area contributed by atoms with Crippen molar-refractivity contribution in [2.24, 2.45) is 0 Å². The Morgan fingerprint density at radius 1 is 1.17 bits per heavy atom. The fourth-order valence-electron chi connectivity index (χ4n) is 2.03. The first-order valence-electron chi connectivity index (χ1n) is 7.09. The molecule has 100 valence electrons. The standard InChI is InChI=1S/C16H25NO/c1-3-5-7-12-16(18)17-15(4-2)13-14-10-8-6-9-11-14/h6,8-11,15H,3-5,7,12-13H2,1-2H3,(H,17,18). The SMILES string of the molecule is CCCCCC(=O)NC(CC)Cc1ccccc1. The first kappa shape index (κ1) is 14.7. The molecule has 1 rings (SSSR count). The van der Waals surface area contributed by atoms with E-state index in [0.29, 0.717) is 6.42 Å². The van der Waals surface area contributed by atoms with Crippen LogP contribution in [0.2, 0.25) is 0 Å². The van der Waals surface area contributed by atoms with Gasteiger partial charge in [0.25, 0.3) is 0 Å². The van der Waals surface area contributed by atoms with Crippen LogP contribution < -0.4 is 5.32 Å². The van der Waals surface area contributed by atoms with Crippen molar-refractivity contribution in [1.82, 2.24) is 5.32 Å². The molecule has 0 radical (unpaired) electrons. The van der Waals surface area contributed by atoms with E-state index in [1.165, 1.54) is 5.56 Å². The van der Waals surface area contributed by atoms with Gasteiger partial charge in [-0.1, -0.05) is 57.0 Å². The molecule has 1 aromatic rings. The molecule has 2 nitrogen and oxygen atoms in total. The highest BCUT2D eigenvalue weighted by molar-refractivity contribution is 5.76. The average Bonchev–Trinajstić information content (AvgIpc) is 2.39. The van der Waals surface area contributed by atoms with E-state index < -0.39 is 0 Å². The molecule has 0 aliphatic heterocycles. The molecule has 0 aromatic heterocycles. The molecule has 2 heteroatoms. The van der Waals surface area contributed by atoms with Gasteiger partial charge < -0.3 is 5.32 Å². The van der Waals surface area contributed by atoms with Crippen LogP contribution in [0.15, 0.2) is 30.3 Å². The second-order valence-electron chi connectivity index (χ2n) is 4.82. The van der Waals surface area contributed by atoms with Crippen molar-refractivity contribution in [3.63, 3.8) is 0 Å². The number of amides is 1. The van der Waals surface area contributed by atoms with Crippen molar-refractivity contribution in [3.05, 3.63) is 35.9 Å². The van der Waals surface area contributed by atoms with E-state index in [1.807, 2.05) is 18.2 Å². The Kier molecular flexibility index (Phi) is 7.16. The van der Waals surface area contributed by atoms with Crippen molar-refractivity contribution in [2.75, 3.05) is 0 Å². The maximum absolute atomic E-state index is 11.8. The van der Waals surface area contributed by atoms with Crippen LogP contribution in [0.25, 0.3) is 0 Å². The van der Waals surface area contributed by atoms with E-state index in [0.717, 1.165) is 32.1 Å². The van der Waals surface area contributed by atoms with Gasteiger partial charge in [0.05, 0.1) is 0 Å². The number of carbonyl (C=O) groups is 1. The summed E-state index contributed by atoms with van der Waals surface area (Å²) in [5.74, 6) is 0.200. The third kappa shape index (κ3) is 5.85. The highest BCUT2D eigenvalue weighted by Crippen LogP contribution is 2.06. The number of hydrogen-bond donors (Lipinski definition) is 1. The van der Waals surface area contributed by atoms with Crippen LogP contribution in [0.3, 0.4) is 0 Å². The zero-order valence-electron chi connectivity index (χ0n) is 11.6. The lowest BCUT2D eigenvalue weighted by molar-refractivity contribution is -0.121. The minimum absolute atomic E-state index is 0.200. The zero-order chi connectivity index (χ0) is 13.2. The molecule has 0 saturated heterocycles. The largest absolute Gasteiger partial charge is 0.353 e. The lowest BCUT2D eigenvalue weighted by Gasteiger charge is -2.17. The zero-order valence-corrected chi connectivity index (χ0v) is 11.6. The minimum atomic E-state index is 0.200. The molecular weight excluding hydrogens is 222 g/mol. The predicted octanol–water partition coefficient (Wildman–Crippen LogP) is 3.70. The summed E-state index contributed by atoms with van der Waals surface area (Å²) in [6, 6.07) is 10.6. The second kappa shape index (κ2) is 8.73. The normalized spacial score (nSPS) is 12.1. The Hall–Kier alpha value is -1.31. The quantitative estimate of drug-likeness (QED) is 0.697. The first-order chi connectivity index (χ1) is 8.76. The van der Waals surface area contributed by atoms with Crippen LogP contribution in [0.4, 0.5) is 0 Å². The molecular formula is C16H25NO. The molecule has 0 spiro atoms. The summed E-state index contributed by atoms with van der Waals surface area (Å²) in [6.45, 7) is 4.28. The van der Waals surface area contributed by atoms with Crippen LogP contribution in [0, 0.1) is 0 Å². The van der Waals surface area contributed by atoms with Gasteiger partial charge in [0.2, 0.25) is 5.91 Å². The van der Waals surface area contributed by atoms with Gasteiger partial charge in [-0.2, -0.15) is 0 Å². The molecule has 1 atom stereocenters. The third-order valence-corrected chi connectivity index (χ3v) is 3.19. The average molecular weight is 247 g/mol. The van der Waals surface area contributed by atoms with Crippen LogP contribution >= 0.6 is 0 Å². The number of hydrogen-bond acceptors (Lipinski definition) is 1. The van der Waals surface area contributed by atoms with Crippen LogP contribution in [0.5, 0.6) is 0 Å². The fraction of sp³-hybridized carbons (Fsp3) is 0.562. The van der Waals surface area contributed by atoms with Gasteiger partial charge >= 0.3 is 0 Å². The third-order valence-electron chi connectivity index (χ3n) is 3.19. The lowest BCUT2D eigenvalue weighted by Crippen LogP contribution is -2.35. The Morgan fingerprint density at radius 3 is 2.50 bits per heavy atom. The Bertz CT molecular complexity index is 334. The molecule has 0 saturated carbocycles. The molecule has 18 heavy (non-hydrogen) atoms. The maximum atomic E-state index is 11.8. The molecule has 0 heterocycles. The second-order valence-corrected chi connectivity index (χ2v) is 4.82. The van der Waals surface area contributed by atoms with Crippen LogP contribution in [-0.4, -0.2) is 11.9 Å². The van der Waals surface area contributed by atoms with Crippen molar-refractivity contribution in [3.8, 4) is 0 Å². The summed E-state index contributed by atoms with van der Waals surface area (Å²) in [6.07, 6.45) is 5.88. The van der Waals surface area contributed by atoms with Gasteiger partial charge in [-0.15, -0.1) is 0 Å². The predicted molar refractivity (Wildman–Crippen MR) is 76.5 cm³/mol. The van der Waals surface area contributed by atoms with Crippen LogP contribution in [0.1, 0.15) is 51.5 Å². The van der Waals surface area contributed by atoms with E-state index in [2.05, 4.69) is 31.3 Å². The minimum Gasteiger partial charge on any atom is -0.353 e. The van der Waals surface area contributed by atoms with Crippen molar-refractivity contribution >= 4 is 5.91 Å². The summed E-state index contributed by atoms with van der Waals surface area (Å²) < 4.78 is 0. The van der Waals surface area contributed by atoms with Gasteiger partial charge in [0.1, 0.15) is 0 Å². The topological polar surface area (TPSA) is 29.1 Å². The number of rotatable bonds is 8. The Morgan fingerprint density at radius 2 is 1.89 bits per heavy atom. The molecule has 0 aliphatic rings. The summed E-state index contributed by atoms with van der Waals surface area (Å²) >= 11 is 0. The molecule has 0 fully saturated rings. The van der Waals surface area contributed by atoms with E-state index >= 15 is 0 Å². The van der Waals surface area contributed by atoms with Gasteiger partial charge in [-0.25, -0.2) is 0 Å². The summed E-state index contributed by atoms with van der Waals surface area (Å²) in [4.78, 5) is 11.8. The number of benzene rings is 1. The van der Waals surface area contributed by atoms with E-state index in [9.17, 15) is 4.79 Å². The lowest BCUT2D eigenvalue weighted by atomic mass is 10.0. The highest BCUT2D eigenvalue weighted by atomic mass is 16.1. The summed E-state index contributed by atoms with van der Waals surface area (Å²) in [5, 5.41) is 3.14. The monoisotopic (exact) mass is 247 g/mol. The summed E-state index contributed by atoms with van der Waals surface area (Å²) in [7, 11) is 0. The summed E-state index contributed by atoms with van der Waals surface area (Å²) in [5.41, 5.74) is 1.29. The van der Waals surface area contributed by atoms with Gasteiger partial charge in [0, 0.05) is 12.5 Å². The Balaban J connectivity index is 2.35.